The third-order valence-electron chi connectivity index (χ3n) is 3.04. The van der Waals surface area contributed by atoms with Crippen molar-refractivity contribution in [3.05, 3.63) is 39.7 Å². The summed E-state index contributed by atoms with van der Waals surface area (Å²) in [6, 6.07) is 7.72. The molecule has 2 rings (SSSR count). The molecule has 3 N–H and O–H groups in total. The van der Waals surface area contributed by atoms with Crippen LogP contribution in [0.15, 0.2) is 24.3 Å². The number of nitrogens with two attached hydrogens (primary N) is 1. The summed E-state index contributed by atoms with van der Waals surface area (Å²) in [6.45, 7) is 2.22. The summed E-state index contributed by atoms with van der Waals surface area (Å²) in [6.07, 6.45) is 0.841. The number of hydrogen-bond donors (Lipinski definition) is 2. The first-order chi connectivity index (χ1) is 10.0. The Hall–Kier alpha value is -1.72. The highest BCUT2D eigenvalue weighted by molar-refractivity contribution is 7.19. The van der Waals surface area contributed by atoms with Crippen molar-refractivity contribution < 1.29 is 9.53 Å². The molecule has 21 heavy (non-hydrogen) atoms. The summed E-state index contributed by atoms with van der Waals surface area (Å²) in [7, 11) is 1.55. The maximum Gasteiger partial charge on any atom is 0.176 e. The Balaban J connectivity index is 2.04. The van der Waals surface area contributed by atoms with Crippen molar-refractivity contribution in [2.75, 3.05) is 24.7 Å². The maximum atomic E-state index is 11.5. The molecule has 0 amide bonds. The van der Waals surface area contributed by atoms with Crippen LogP contribution in [0.2, 0.25) is 5.02 Å². The lowest BCUT2D eigenvalue weighted by Gasteiger charge is -2.07. The summed E-state index contributed by atoms with van der Waals surface area (Å²) in [5.41, 5.74) is 7.51. The number of anilines is 2. The Morgan fingerprint density at radius 3 is 2.62 bits per heavy atom. The number of hydrogen-bond acceptors (Lipinski definition) is 5. The maximum absolute atomic E-state index is 11.5. The predicted molar refractivity (Wildman–Crippen MR) is 88.9 cm³/mol. The molecule has 0 bridgehead atoms. The standard InChI is InChI=1S/C15H17ClN2O2S/c1-9(19)14-12(17)13(20-2)15(21-14)18-8-7-10-3-5-11(16)6-4-10/h3-6,18H,7-8,17H2,1-2H3. The number of halogens is 1. The fraction of sp³-hybridized carbons (Fsp3) is 0.267. The summed E-state index contributed by atoms with van der Waals surface area (Å²) < 4.78 is 5.28. The van der Waals surface area contributed by atoms with Crippen molar-refractivity contribution >= 4 is 39.4 Å². The number of carbonyl (C=O) groups excluding carboxylic acids is 1. The minimum Gasteiger partial charge on any atom is -0.492 e. The van der Waals surface area contributed by atoms with Gasteiger partial charge in [0.1, 0.15) is 5.00 Å². The molecule has 0 aliphatic rings. The zero-order valence-corrected chi connectivity index (χ0v) is 13.5. The topological polar surface area (TPSA) is 64.3 Å². The van der Waals surface area contributed by atoms with Crippen molar-refractivity contribution in [2.24, 2.45) is 0 Å². The first-order valence-corrected chi connectivity index (χ1v) is 7.68. The lowest BCUT2D eigenvalue weighted by atomic mass is 10.1. The normalized spacial score (nSPS) is 10.4. The van der Waals surface area contributed by atoms with Crippen molar-refractivity contribution in [1.29, 1.82) is 0 Å². The second-order valence-electron chi connectivity index (χ2n) is 4.57. The Bertz CT molecular complexity index is 638. The van der Waals surface area contributed by atoms with Gasteiger partial charge in [-0.15, -0.1) is 11.3 Å². The van der Waals surface area contributed by atoms with Crippen LogP contribution in [0.3, 0.4) is 0 Å². The number of methoxy groups -OCH3 is 1. The van der Waals surface area contributed by atoms with Gasteiger partial charge in [0.25, 0.3) is 0 Å². The van der Waals surface area contributed by atoms with E-state index in [4.69, 9.17) is 22.1 Å². The monoisotopic (exact) mass is 324 g/mol. The minimum atomic E-state index is -0.0541. The van der Waals surface area contributed by atoms with E-state index >= 15 is 0 Å². The van der Waals surface area contributed by atoms with Gasteiger partial charge in [-0.2, -0.15) is 0 Å². The minimum absolute atomic E-state index is 0.0541. The van der Waals surface area contributed by atoms with Gasteiger partial charge in [-0.1, -0.05) is 23.7 Å². The number of nitrogens with one attached hydrogen (secondary N) is 1. The molecule has 2 aromatic rings. The van der Waals surface area contributed by atoms with E-state index in [2.05, 4.69) is 5.32 Å². The molecule has 0 saturated heterocycles. The van der Waals surface area contributed by atoms with Gasteiger partial charge in [-0.05, 0) is 24.1 Å². The number of benzene rings is 1. The Labute approximate surface area is 132 Å². The fourth-order valence-corrected chi connectivity index (χ4v) is 3.12. The number of rotatable bonds is 6. The van der Waals surface area contributed by atoms with E-state index in [1.165, 1.54) is 23.8 Å². The highest BCUT2D eigenvalue weighted by atomic mass is 35.5. The number of nitrogen functional groups attached to an aromatic ring is 1. The number of carbonyl (C=O) groups is 1. The van der Waals surface area contributed by atoms with Crippen LogP contribution in [-0.2, 0) is 6.42 Å². The van der Waals surface area contributed by atoms with Crippen LogP contribution in [0.5, 0.6) is 5.75 Å². The largest absolute Gasteiger partial charge is 0.492 e. The molecular weight excluding hydrogens is 308 g/mol. The van der Waals surface area contributed by atoms with Crippen LogP contribution in [-0.4, -0.2) is 19.4 Å². The van der Waals surface area contributed by atoms with E-state index in [0.29, 0.717) is 16.3 Å². The lowest BCUT2D eigenvalue weighted by Crippen LogP contribution is -2.04. The molecule has 6 heteroatoms. The highest BCUT2D eigenvalue weighted by Gasteiger charge is 2.19. The molecule has 0 fully saturated rings. The number of Topliss-reactive ketones (excluding diaryl/α,β-unsaturated/α-hetero) is 1. The molecule has 0 aliphatic heterocycles. The molecule has 0 saturated carbocycles. The first-order valence-electron chi connectivity index (χ1n) is 6.48. The van der Waals surface area contributed by atoms with Gasteiger partial charge in [0, 0.05) is 18.5 Å². The van der Waals surface area contributed by atoms with E-state index in [0.717, 1.165) is 23.0 Å². The molecule has 112 valence electrons. The fourth-order valence-electron chi connectivity index (χ4n) is 1.98. The van der Waals surface area contributed by atoms with E-state index in [9.17, 15) is 4.79 Å². The lowest BCUT2D eigenvalue weighted by molar-refractivity contribution is 0.102. The van der Waals surface area contributed by atoms with Crippen LogP contribution < -0.4 is 15.8 Å². The summed E-state index contributed by atoms with van der Waals surface area (Å²) in [4.78, 5) is 12.0. The van der Waals surface area contributed by atoms with E-state index < -0.39 is 0 Å². The van der Waals surface area contributed by atoms with Crippen LogP contribution >= 0.6 is 22.9 Å². The van der Waals surface area contributed by atoms with Crippen LogP contribution in [0.4, 0.5) is 10.7 Å². The molecule has 0 unspecified atom stereocenters. The average molecular weight is 325 g/mol. The predicted octanol–water partition coefficient (Wildman–Crippen LogP) is 3.85. The summed E-state index contributed by atoms with van der Waals surface area (Å²) >= 11 is 7.18. The summed E-state index contributed by atoms with van der Waals surface area (Å²) in [5.74, 6) is 0.489. The zero-order chi connectivity index (χ0) is 15.4. The second kappa shape index (κ2) is 6.83. The van der Waals surface area contributed by atoms with Crippen molar-refractivity contribution in [3.8, 4) is 5.75 Å². The zero-order valence-electron chi connectivity index (χ0n) is 11.9. The summed E-state index contributed by atoms with van der Waals surface area (Å²) in [5, 5.41) is 4.79. The number of ketones is 1. The molecule has 0 aliphatic carbocycles. The molecule has 1 heterocycles. The van der Waals surface area contributed by atoms with E-state index in [-0.39, 0.29) is 5.78 Å². The third kappa shape index (κ3) is 3.68. The highest BCUT2D eigenvalue weighted by Crippen LogP contribution is 2.42. The van der Waals surface area contributed by atoms with Gasteiger partial charge in [0.2, 0.25) is 0 Å². The third-order valence-corrected chi connectivity index (χ3v) is 4.53. The number of ether oxygens (including phenoxy) is 1. The first kappa shape index (κ1) is 15.7. The number of thiophene rings is 1. The molecule has 0 atom stereocenters. The molecule has 4 nitrogen and oxygen atoms in total. The molecule has 0 spiro atoms. The van der Waals surface area contributed by atoms with Crippen LogP contribution in [0.25, 0.3) is 0 Å². The van der Waals surface area contributed by atoms with Crippen LogP contribution in [0, 0.1) is 0 Å². The molecule has 0 radical (unpaired) electrons. The Kier molecular flexibility index (Phi) is 5.09. The Morgan fingerprint density at radius 1 is 1.38 bits per heavy atom. The van der Waals surface area contributed by atoms with Crippen LogP contribution in [0.1, 0.15) is 22.2 Å². The van der Waals surface area contributed by atoms with Crippen molar-refractivity contribution in [1.82, 2.24) is 0 Å². The van der Waals surface area contributed by atoms with Gasteiger partial charge in [0.15, 0.2) is 11.5 Å². The molecular formula is C15H17ClN2O2S. The second-order valence-corrected chi connectivity index (χ2v) is 6.02. The Morgan fingerprint density at radius 2 is 2.05 bits per heavy atom. The SMILES string of the molecule is COc1c(NCCc2ccc(Cl)cc2)sc(C(C)=O)c1N. The smallest absolute Gasteiger partial charge is 0.176 e. The van der Waals surface area contributed by atoms with Gasteiger partial charge in [-0.25, -0.2) is 0 Å². The van der Waals surface area contributed by atoms with Gasteiger partial charge in [-0.3, -0.25) is 4.79 Å². The van der Waals surface area contributed by atoms with Crippen molar-refractivity contribution in [3.63, 3.8) is 0 Å². The average Bonchev–Trinajstić information content (AvgIpc) is 2.77. The molecule has 1 aromatic heterocycles. The van der Waals surface area contributed by atoms with Crippen molar-refractivity contribution in [2.45, 2.75) is 13.3 Å². The quantitative estimate of drug-likeness (QED) is 0.792. The van der Waals surface area contributed by atoms with Gasteiger partial charge >= 0.3 is 0 Å². The van der Waals surface area contributed by atoms with E-state index in [1.54, 1.807) is 7.11 Å². The van der Waals surface area contributed by atoms with E-state index in [1.807, 2.05) is 24.3 Å². The van der Waals surface area contributed by atoms with Gasteiger partial charge in [0.05, 0.1) is 17.7 Å². The van der Waals surface area contributed by atoms with Gasteiger partial charge < -0.3 is 15.8 Å². The molecule has 1 aromatic carbocycles.